The van der Waals surface area contributed by atoms with Gasteiger partial charge in [0.2, 0.25) is 0 Å². The van der Waals surface area contributed by atoms with Crippen LogP contribution < -0.4 is 4.90 Å². The molecular weight excluding hydrogens is 338 g/mol. The molecule has 0 fully saturated rings. The van der Waals surface area contributed by atoms with E-state index in [0.29, 0.717) is 11.3 Å². The van der Waals surface area contributed by atoms with E-state index in [4.69, 9.17) is 14.0 Å². The topological polar surface area (TPSA) is 94.8 Å². The van der Waals surface area contributed by atoms with Gasteiger partial charge in [-0.15, -0.1) is 0 Å². The maximum Gasteiger partial charge on any atom is 0.425 e. The minimum Gasteiger partial charge on any atom is -0.443 e. The fourth-order valence-electron chi connectivity index (χ4n) is 1.91. The number of aromatic nitrogens is 2. The summed E-state index contributed by atoms with van der Waals surface area (Å²) in [5.41, 5.74) is -0.295. The maximum atomic E-state index is 12.5. The van der Waals surface area contributed by atoms with Crippen LogP contribution >= 0.6 is 0 Å². The summed E-state index contributed by atoms with van der Waals surface area (Å²) >= 11 is 0. The molecule has 0 N–H and O–H groups in total. The van der Waals surface area contributed by atoms with Crippen LogP contribution in [0.15, 0.2) is 35.2 Å². The van der Waals surface area contributed by atoms with Crippen LogP contribution in [0, 0.1) is 0 Å². The minimum absolute atomic E-state index is 0.0840. The van der Waals surface area contributed by atoms with Crippen molar-refractivity contribution in [3.05, 3.63) is 30.7 Å². The summed E-state index contributed by atoms with van der Waals surface area (Å²) < 4.78 is 15.4. The SMILES string of the molecule is CC(C)(C)OC(=O)N(C(=O)OC(C)(C)C)c1ccc(-c2ccon2)cn1. The normalized spacial score (nSPS) is 11.8. The molecule has 0 aliphatic heterocycles. The zero-order chi connectivity index (χ0) is 19.5. The Bertz CT molecular complexity index is 728. The van der Waals surface area contributed by atoms with E-state index in [2.05, 4.69) is 10.1 Å². The van der Waals surface area contributed by atoms with Gasteiger partial charge >= 0.3 is 12.2 Å². The Morgan fingerprint density at radius 3 is 1.92 bits per heavy atom. The highest BCUT2D eigenvalue weighted by atomic mass is 16.6. The van der Waals surface area contributed by atoms with Gasteiger partial charge in [-0.1, -0.05) is 5.16 Å². The molecule has 2 aromatic heterocycles. The molecule has 0 saturated carbocycles. The smallest absolute Gasteiger partial charge is 0.425 e. The number of anilines is 1. The Hall–Kier alpha value is -2.90. The van der Waals surface area contributed by atoms with Crippen LogP contribution in [-0.2, 0) is 9.47 Å². The van der Waals surface area contributed by atoms with Crippen LogP contribution in [0.25, 0.3) is 11.3 Å². The van der Waals surface area contributed by atoms with Crippen molar-refractivity contribution < 1.29 is 23.6 Å². The molecule has 2 rings (SSSR count). The Morgan fingerprint density at radius 2 is 1.54 bits per heavy atom. The summed E-state index contributed by atoms with van der Waals surface area (Å²) in [7, 11) is 0. The Labute approximate surface area is 152 Å². The van der Waals surface area contributed by atoms with Crippen molar-refractivity contribution in [1.82, 2.24) is 10.1 Å². The second-order valence-electron chi connectivity index (χ2n) is 7.59. The summed E-state index contributed by atoms with van der Waals surface area (Å²) in [5, 5.41) is 3.82. The van der Waals surface area contributed by atoms with Gasteiger partial charge in [-0.05, 0) is 53.7 Å². The van der Waals surface area contributed by atoms with Gasteiger partial charge in [0.1, 0.15) is 29.0 Å². The zero-order valence-electron chi connectivity index (χ0n) is 15.8. The Kier molecular flexibility index (Phi) is 5.34. The monoisotopic (exact) mass is 361 g/mol. The van der Waals surface area contributed by atoms with Gasteiger partial charge in [-0.2, -0.15) is 4.90 Å². The van der Waals surface area contributed by atoms with E-state index in [1.807, 2.05) is 0 Å². The van der Waals surface area contributed by atoms with E-state index in [9.17, 15) is 9.59 Å². The third-order valence-electron chi connectivity index (χ3n) is 2.86. The van der Waals surface area contributed by atoms with Crippen molar-refractivity contribution >= 4 is 18.0 Å². The van der Waals surface area contributed by atoms with Crippen LogP contribution in [-0.4, -0.2) is 33.5 Å². The standard InChI is InChI=1S/C18H23N3O5/c1-17(2,3)25-15(22)21(16(23)26-18(4,5)6)14-8-7-12(11-19-14)13-9-10-24-20-13/h7-11H,1-6H3. The number of carbonyl (C=O) groups excluding carboxylic acids is 2. The van der Waals surface area contributed by atoms with E-state index in [1.165, 1.54) is 18.5 Å². The van der Waals surface area contributed by atoms with Crippen molar-refractivity contribution in [3.8, 4) is 11.3 Å². The fourth-order valence-corrected chi connectivity index (χ4v) is 1.91. The number of rotatable bonds is 2. The van der Waals surface area contributed by atoms with Gasteiger partial charge < -0.3 is 14.0 Å². The first-order valence-corrected chi connectivity index (χ1v) is 8.09. The van der Waals surface area contributed by atoms with Crippen molar-refractivity contribution in [2.75, 3.05) is 4.90 Å². The second-order valence-corrected chi connectivity index (χ2v) is 7.59. The Balaban J connectivity index is 2.33. The molecule has 0 aromatic carbocycles. The zero-order valence-corrected chi connectivity index (χ0v) is 15.8. The minimum atomic E-state index is -0.867. The lowest BCUT2D eigenvalue weighted by Gasteiger charge is -2.28. The van der Waals surface area contributed by atoms with Crippen molar-refractivity contribution in [2.24, 2.45) is 0 Å². The summed E-state index contributed by atoms with van der Waals surface area (Å²) in [5.74, 6) is 0.0840. The van der Waals surface area contributed by atoms with Crippen LogP contribution in [0.5, 0.6) is 0 Å². The molecule has 0 atom stereocenters. The van der Waals surface area contributed by atoms with Crippen LogP contribution in [0.2, 0.25) is 0 Å². The highest BCUT2D eigenvalue weighted by Gasteiger charge is 2.33. The molecule has 0 saturated heterocycles. The number of carbonyl (C=O) groups is 2. The molecule has 0 spiro atoms. The maximum absolute atomic E-state index is 12.5. The molecule has 140 valence electrons. The molecule has 26 heavy (non-hydrogen) atoms. The number of amides is 2. The van der Waals surface area contributed by atoms with Gasteiger partial charge in [0, 0.05) is 17.8 Å². The van der Waals surface area contributed by atoms with Gasteiger partial charge in [-0.25, -0.2) is 14.6 Å². The van der Waals surface area contributed by atoms with Gasteiger partial charge in [0.25, 0.3) is 0 Å². The first-order chi connectivity index (χ1) is 12.0. The number of hydrogen-bond acceptors (Lipinski definition) is 7. The molecular formula is C18H23N3O5. The predicted octanol–water partition coefficient (Wildman–Crippen LogP) is 4.41. The fraction of sp³-hybridized carbons (Fsp3) is 0.444. The van der Waals surface area contributed by atoms with E-state index in [0.717, 1.165) is 4.90 Å². The number of imide groups is 1. The van der Waals surface area contributed by atoms with E-state index < -0.39 is 23.4 Å². The average molecular weight is 361 g/mol. The van der Waals surface area contributed by atoms with E-state index in [1.54, 1.807) is 53.7 Å². The average Bonchev–Trinajstić information content (AvgIpc) is 2.98. The molecule has 2 heterocycles. The number of ether oxygens (including phenoxy) is 2. The van der Waals surface area contributed by atoms with Crippen LogP contribution in [0.3, 0.4) is 0 Å². The largest absolute Gasteiger partial charge is 0.443 e. The summed E-state index contributed by atoms with van der Waals surface area (Å²) in [6.07, 6.45) is 1.19. The predicted molar refractivity (Wildman–Crippen MR) is 94.7 cm³/mol. The third-order valence-corrected chi connectivity index (χ3v) is 2.86. The second kappa shape index (κ2) is 7.15. The van der Waals surface area contributed by atoms with Gasteiger partial charge in [0.05, 0.1) is 0 Å². The van der Waals surface area contributed by atoms with Crippen molar-refractivity contribution in [1.29, 1.82) is 0 Å². The van der Waals surface area contributed by atoms with E-state index >= 15 is 0 Å². The third kappa shape index (κ3) is 5.30. The molecule has 0 aliphatic rings. The molecule has 0 aliphatic carbocycles. The quantitative estimate of drug-likeness (QED) is 0.781. The first-order valence-electron chi connectivity index (χ1n) is 8.09. The van der Waals surface area contributed by atoms with Crippen LogP contribution in [0.4, 0.5) is 15.4 Å². The molecule has 8 heteroatoms. The number of nitrogens with zero attached hydrogens (tertiary/aromatic N) is 3. The Morgan fingerprint density at radius 1 is 0.962 bits per heavy atom. The molecule has 8 nitrogen and oxygen atoms in total. The number of pyridine rings is 1. The lowest BCUT2D eigenvalue weighted by molar-refractivity contribution is 0.0429. The number of hydrogen-bond donors (Lipinski definition) is 0. The van der Waals surface area contributed by atoms with Gasteiger partial charge in [-0.3, -0.25) is 0 Å². The highest BCUT2D eigenvalue weighted by Crippen LogP contribution is 2.23. The molecule has 0 unspecified atom stereocenters. The lowest BCUT2D eigenvalue weighted by atomic mass is 10.2. The molecule has 0 bridgehead atoms. The van der Waals surface area contributed by atoms with Crippen LogP contribution in [0.1, 0.15) is 41.5 Å². The molecule has 0 radical (unpaired) electrons. The lowest BCUT2D eigenvalue weighted by Crippen LogP contribution is -2.44. The highest BCUT2D eigenvalue weighted by molar-refractivity contribution is 6.08. The van der Waals surface area contributed by atoms with Crippen molar-refractivity contribution in [2.45, 2.75) is 52.7 Å². The summed E-state index contributed by atoms with van der Waals surface area (Å²) in [6, 6.07) is 4.86. The first kappa shape index (κ1) is 19.4. The summed E-state index contributed by atoms with van der Waals surface area (Å²) in [4.78, 5) is 30.0. The van der Waals surface area contributed by atoms with E-state index in [-0.39, 0.29) is 5.82 Å². The molecule has 2 amide bonds. The summed E-state index contributed by atoms with van der Waals surface area (Å²) in [6.45, 7) is 10.2. The van der Waals surface area contributed by atoms with Crippen molar-refractivity contribution in [3.63, 3.8) is 0 Å². The van der Waals surface area contributed by atoms with Gasteiger partial charge in [0.15, 0.2) is 0 Å². The molecule has 2 aromatic rings.